The van der Waals surface area contributed by atoms with E-state index < -0.39 is 0 Å². The number of rotatable bonds is 7. The third-order valence-corrected chi connectivity index (χ3v) is 5.95. The summed E-state index contributed by atoms with van der Waals surface area (Å²) in [6.07, 6.45) is 3.22. The maximum absolute atomic E-state index is 13.0. The summed E-state index contributed by atoms with van der Waals surface area (Å²) < 4.78 is 16.5. The predicted molar refractivity (Wildman–Crippen MR) is 120 cm³/mol. The first kappa shape index (κ1) is 22.0. The van der Waals surface area contributed by atoms with E-state index in [0.29, 0.717) is 18.9 Å². The first-order valence-electron chi connectivity index (χ1n) is 10.7. The van der Waals surface area contributed by atoms with E-state index in [0.717, 1.165) is 35.3 Å². The van der Waals surface area contributed by atoms with Crippen molar-refractivity contribution in [2.45, 2.75) is 32.4 Å². The monoisotopic (exact) mass is 438 g/mol. The average molecular weight is 439 g/mol. The van der Waals surface area contributed by atoms with Crippen molar-refractivity contribution in [3.05, 3.63) is 70.5 Å². The quantitative estimate of drug-likeness (QED) is 0.345. The van der Waals surface area contributed by atoms with Crippen LogP contribution in [0.25, 0.3) is 0 Å². The van der Waals surface area contributed by atoms with Crippen molar-refractivity contribution in [3.63, 3.8) is 0 Å². The van der Waals surface area contributed by atoms with Gasteiger partial charge in [0.15, 0.2) is 11.5 Å². The number of aryl methyl sites for hydroxylation is 2. The lowest BCUT2D eigenvalue weighted by Gasteiger charge is -2.34. The SMILES string of the molecule is COCC1CCc2cc3c(cc2C1NC(=O)/C(N)=C/N(N)Cc1ccc(C)cc1)OCO3. The molecule has 8 nitrogen and oxygen atoms in total. The number of nitrogens with zero attached hydrogens (tertiary/aromatic N) is 1. The number of nitrogens with one attached hydrogen (secondary N) is 1. The molecule has 1 heterocycles. The molecule has 4 rings (SSSR count). The number of fused-ring (bicyclic) bond motifs is 2. The zero-order valence-corrected chi connectivity index (χ0v) is 18.5. The highest BCUT2D eigenvalue weighted by molar-refractivity contribution is 5.92. The van der Waals surface area contributed by atoms with Crippen LogP contribution in [0.15, 0.2) is 48.3 Å². The minimum Gasteiger partial charge on any atom is -0.454 e. The van der Waals surface area contributed by atoms with Gasteiger partial charge in [0.25, 0.3) is 5.91 Å². The number of carbonyl (C=O) groups is 1. The summed E-state index contributed by atoms with van der Waals surface area (Å²) >= 11 is 0. The number of hydrogen-bond acceptors (Lipinski definition) is 7. The predicted octanol–water partition coefficient (Wildman–Crippen LogP) is 2.27. The summed E-state index contributed by atoms with van der Waals surface area (Å²) in [5, 5.41) is 4.50. The Labute approximate surface area is 188 Å². The number of carbonyl (C=O) groups excluding carboxylic acids is 1. The van der Waals surface area contributed by atoms with Crippen LogP contribution >= 0.6 is 0 Å². The number of benzene rings is 2. The standard InChI is InChI=1S/C24H30N4O4/c1-15-3-5-16(6-4-15)11-28(26)12-20(25)24(29)27-23-18(13-30-2)8-7-17-9-21-22(10-19(17)23)32-14-31-21/h3-6,9-10,12,18,23H,7-8,11,13-14,25-26H2,1-2H3,(H,27,29)/b20-12-. The zero-order valence-electron chi connectivity index (χ0n) is 18.5. The Morgan fingerprint density at radius 1 is 1.25 bits per heavy atom. The van der Waals surface area contributed by atoms with E-state index in [9.17, 15) is 4.79 Å². The fourth-order valence-electron chi connectivity index (χ4n) is 4.27. The lowest BCUT2D eigenvalue weighted by Crippen LogP contribution is -2.40. The lowest BCUT2D eigenvalue weighted by atomic mass is 9.79. The molecular weight excluding hydrogens is 408 g/mol. The maximum atomic E-state index is 13.0. The summed E-state index contributed by atoms with van der Waals surface area (Å²) in [6, 6.07) is 11.7. The Bertz CT molecular complexity index is 1010. The van der Waals surface area contributed by atoms with E-state index in [1.54, 1.807) is 7.11 Å². The van der Waals surface area contributed by atoms with Gasteiger partial charge in [0, 0.05) is 19.2 Å². The second-order valence-electron chi connectivity index (χ2n) is 8.35. The highest BCUT2D eigenvalue weighted by Crippen LogP contribution is 2.42. The fourth-order valence-corrected chi connectivity index (χ4v) is 4.27. The van der Waals surface area contributed by atoms with Gasteiger partial charge in [-0.1, -0.05) is 29.8 Å². The van der Waals surface area contributed by atoms with Gasteiger partial charge in [-0.25, -0.2) is 5.84 Å². The van der Waals surface area contributed by atoms with Crippen LogP contribution in [0.2, 0.25) is 0 Å². The van der Waals surface area contributed by atoms with Crippen molar-refractivity contribution in [2.75, 3.05) is 20.5 Å². The van der Waals surface area contributed by atoms with Gasteiger partial charge < -0.3 is 30.3 Å². The minimum atomic E-state index is -0.374. The minimum absolute atomic E-state index is 0.0450. The topological polar surface area (TPSA) is 112 Å². The Hall–Kier alpha value is -3.23. The van der Waals surface area contributed by atoms with Crippen molar-refractivity contribution >= 4 is 5.91 Å². The molecule has 1 aliphatic carbocycles. The summed E-state index contributed by atoms with van der Waals surface area (Å²) in [6.45, 7) is 3.20. The van der Waals surface area contributed by atoms with Gasteiger partial charge >= 0.3 is 0 Å². The Balaban J connectivity index is 1.50. The molecule has 0 saturated heterocycles. The molecule has 1 amide bonds. The molecule has 2 unspecified atom stereocenters. The van der Waals surface area contributed by atoms with E-state index in [2.05, 4.69) is 5.32 Å². The van der Waals surface area contributed by atoms with Crippen molar-refractivity contribution in [1.29, 1.82) is 0 Å². The van der Waals surface area contributed by atoms with Crippen molar-refractivity contribution in [1.82, 2.24) is 10.3 Å². The Morgan fingerprint density at radius 2 is 1.97 bits per heavy atom. The van der Waals surface area contributed by atoms with Gasteiger partial charge in [-0.2, -0.15) is 0 Å². The molecule has 2 aromatic carbocycles. The molecule has 1 aliphatic heterocycles. The van der Waals surface area contributed by atoms with Crippen LogP contribution in [0, 0.1) is 12.8 Å². The molecule has 8 heteroatoms. The first-order chi connectivity index (χ1) is 15.4. The normalized spacial score (nSPS) is 19.4. The molecule has 170 valence electrons. The summed E-state index contributed by atoms with van der Waals surface area (Å²) in [5.41, 5.74) is 10.5. The van der Waals surface area contributed by atoms with E-state index in [4.69, 9.17) is 25.8 Å². The van der Waals surface area contributed by atoms with Crippen LogP contribution in [0.3, 0.4) is 0 Å². The average Bonchev–Trinajstić information content (AvgIpc) is 3.23. The molecule has 0 bridgehead atoms. The van der Waals surface area contributed by atoms with Crippen LogP contribution < -0.4 is 26.4 Å². The molecule has 2 aliphatic rings. The van der Waals surface area contributed by atoms with Gasteiger partial charge in [0.05, 0.1) is 19.2 Å². The number of methoxy groups -OCH3 is 1. The number of ether oxygens (including phenoxy) is 3. The van der Waals surface area contributed by atoms with E-state index in [-0.39, 0.29) is 30.4 Å². The smallest absolute Gasteiger partial charge is 0.269 e. The summed E-state index contributed by atoms with van der Waals surface area (Å²) in [4.78, 5) is 13.0. The third kappa shape index (κ3) is 4.81. The summed E-state index contributed by atoms with van der Waals surface area (Å²) in [7, 11) is 1.67. The largest absolute Gasteiger partial charge is 0.454 e. The molecule has 0 radical (unpaired) electrons. The van der Waals surface area contributed by atoms with Crippen LogP contribution in [0.1, 0.15) is 34.7 Å². The molecule has 32 heavy (non-hydrogen) atoms. The number of amides is 1. The van der Waals surface area contributed by atoms with E-state index in [1.165, 1.54) is 16.8 Å². The zero-order chi connectivity index (χ0) is 22.7. The molecule has 5 N–H and O–H groups in total. The Kier molecular flexibility index (Phi) is 6.53. The fraction of sp³-hybridized carbons (Fsp3) is 0.375. The number of nitrogens with two attached hydrogens (primary N) is 2. The maximum Gasteiger partial charge on any atom is 0.269 e. The second-order valence-corrected chi connectivity index (χ2v) is 8.35. The molecule has 2 aromatic rings. The van der Waals surface area contributed by atoms with Gasteiger partial charge in [0.1, 0.15) is 5.70 Å². The van der Waals surface area contributed by atoms with Crippen LogP contribution in [0.5, 0.6) is 11.5 Å². The van der Waals surface area contributed by atoms with E-state index in [1.807, 2.05) is 43.3 Å². The van der Waals surface area contributed by atoms with Crippen LogP contribution in [-0.4, -0.2) is 31.4 Å². The first-order valence-corrected chi connectivity index (χ1v) is 10.7. The lowest BCUT2D eigenvalue weighted by molar-refractivity contribution is -0.119. The van der Waals surface area contributed by atoms with Crippen molar-refractivity contribution in [2.24, 2.45) is 17.5 Å². The molecule has 0 aromatic heterocycles. The van der Waals surface area contributed by atoms with Gasteiger partial charge in [0.2, 0.25) is 6.79 Å². The third-order valence-electron chi connectivity index (χ3n) is 5.95. The molecule has 0 fully saturated rings. The second kappa shape index (κ2) is 9.50. The number of hydrazine groups is 1. The highest BCUT2D eigenvalue weighted by atomic mass is 16.7. The van der Waals surface area contributed by atoms with Crippen molar-refractivity contribution < 1.29 is 19.0 Å². The van der Waals surface area contributed by atoms with Crippen LogP contribution in [-0.2, 0) is 22.5 Å². The van der Waals surface area contributed by atoms with Gasteiger partial charge in [-0.05, 0) is 48.6 Å². The molecular formula is C24H30N4O4. The summed E-state index contributed by atoms with van der Waals surface area (Å²) in [5.74, 6) is 7.25. The molecule has 0 saturated carbocycles. The van der Waals surface area contributed by atoms with E-state index >= 15 is 0 Å². The van der Waals surface area contributed by atoms with Gasteiger partial charge in [-0.15, -0.1) is 0 Å². The molecule has 2 atom stereocenters. The Morgan fingerprint density at radius 3 is 2.69 bits per heavy atom. The highest BCUT2D eigenvalue weighted by Gasteiger charge is 2.33. The number of hydrogen-bond donors (Lipinski definition) is 3. The molecule has 0 spiro atoms. The van der Waals surface area contributed by atoms with Gasteiger partial charge in [-0.3, -0.25) is 4.79 Å². The van der Waals surface area contributed by atoms with Crippen LogP contribution in [0.4, 0.5) is 0 Å². The van der Waals surface area contributed by atoms with Crippen molar-refractivity contribution in [3.8, 4) is 11.5 Å².